The fourth-order valence-electron chi connectivity index (χ4n) is 2.86. The zero-order valence-electron chi connectivity index (χ0n) is 12.2. The predicted molar refractivity (Wildman–Crippen MR) is 79.1 cm³/mol. The molecule has 0 amide bonds. The van der Waals surface area contributed by atoms with E-state index < -0.39 is 5.97 Å². The van der Waals surface area contributed by atoms with Gasteiger partial charge in [-0.3, -0.25) is 14.5 Å². The Hall–Kier alpha value is -1.46. The van der Waals surface area contributed by atoms with Gasteiger partial charge in [0.15, 0.2) is 5.78 Å². The highest BCUT2D eigenvalue weighted by Crippen LogP contribution is 2.25. The van der Waals surface area contributed by atoms with Crippen LogP contribution in [0.2, 0.25) is 0 Å². The number of carboxylic acid groups (broad SMARTS) is 1. The average Bonchev–Trinajstić information content (AvgIpc) is 2.84. The highest BCUT2D eigenvalue weighted by Gasteiger charge is 2.33. The standard InChI is InChI=1S/C16H23NO4/c18-15-8-7-14(17-9-11-21-12-10-17)13(15)5-3-1-2-4-6-16(19)20/h1,3,7-8,13-14H,2,4-6,9-12H2,(H,19,20)/b3-1-/t13-,14+/m1/s1. The van der Waals surface area contributed by atoms with Crippen LogP contribution in [-0.4, -0.2) is 54.1 Å². The minimum atomic E-state index is -0.758. The first-order chi connectivity index (χ1) is 10.2. The van der Waals surface area contributed by atoms with Crippen molar-refractivity contribution in [2.24, 2.45) is 5.92 Å². The molecule has 21 heavy (non-hydrogen) atoms. The Bertz CT molecular complexity index is 424. The van der Waals surface area contributed by atoms with Crippen LogP contribution in [0.1, 0.15) is 25.7 Å². The fourth-order valence-corrected chi connectivity index (χ4v) is 2.86. The van der Waals surface area contributed by atoms with Gasteiger partial charge in [-0.1, -0.05) is 18.2 Å². The number of carboxylic acids is 1. The molecular formula is C16H23NO4. The molecule has 0 aromatic heterocycles. The van der Waals surface area contributed by atoms with Gasteiger partial charge in [-0.25, -0.2) is 0 Å². The van der Waals surface area contributed by atoms with Gasteiger partial charge >= 0.3 is 5.97 Å². The second-order valence-corrected chi connectivity index (χ2v) is 5.50. The summed E-state index contributed by atoms with van der Waals surface area (Å²) in [5, 5.41) is 8.56. The predicted octanol–water partition coefficient (Wildman–Crippen LogP) is 1.64. The van der Waals surface area contributed by atoms with E-state index in [1.807, 2.05) is 18.2 Å². The van der Waals surface area contributed by atoms with Crippen LogP contribution in [0.15, 0.2) is 24.3 Å². The molecule has 2 rings (SSSR count). The number of unbranched alkanes of at least 4 members (excludes halogenated alkanes) is 1. The third kappa shape index (κ3) is 4.79. The molecule has 2 aliphatic rings. The lowest BCUT2D eigenvalue weighted by Crippen LogP contribution is -2.45. The number of aliphatic carboxylic acids is 1. The third-order valence-electron chi connectivity index (χ3n) is 4.02. The summed E-state index contributed by atoms with van der Waals surface area (Å²) in [4.78, 5) is 24.7. The number of hydrogen-bond donors (Lipinski definition) is 1. The third-order valence-corrected chi connectivity index (χ3v) is 4.02. The van der Waals surface area contributed by atoms with Gasteiger partial charge in [-0.05, 0) is 25.3 Å². The number of morpholine rings is 1. The molecule has 0 saturated carbocycles. The summed E-state index contributed by atoms with van der Waals surface area (Å²) >= 11 is 0. The van der Waals surface area contributed by atoms with Gasteiger partial charge in [0.2, 0.25) is 0 Å². The van der Waals surface area contributed by atoms with Crippen molar-refractivity contribution in [3.05, 3.63) is 24.3 Å². The first kappa shape index (κ1) is 15.9. The number of carbonyl (C=O) groups excluding carboxylic acids is 1. The molecule has 0 aromatic carbocycles. The summed E-state index contributed by atoms with van der Waals surface area (Å²) in [6.07, 6.45) is 10.0. The van der Waals surface area contributed by atoms with Crippen LogP contribution >= 0.6 is 0 Å². The van der Waals surface area contributed by atoms with Crippen LogP contribution in [0.25, 0.3) is 0 Å². The molecule has 1 heterocycles. The summed E-state index contributed by atoms with van der Waals surface area (Å²) in [5.41, 5.74) is 0. The monoisotopic (exact) mass is 293 g/mol. The maximum absolute atomic E-state index is 12.0. The van der Waals surface area contributed by atoms with Gasteiger partial charge in [0, 0.05) is 31.5 Å². The first-order valence-corrected chi connectivity index (χ1v) is 7.59. The Morgan fingerprint density at radius 1 is 1.38 bits per heavy atom. The van der Waals surface area contributed by atoms with E-state index in [4.69, 9.17) is 9.84 Å². The minimum Gasteiger partial charge on any atom is -0.481 e. The van der Waals surface area contributed by atoms with E-state index in [1.54, 1.807) is 6.08 Å². The molecule has 0 radical (unpaired) electrons. The van der Waals surface area contributed by atoms with E-state index in [0.717, 1.165) is 39.1 Å². The Morgan fingerprint density at radius 3 is 2.86 bits per heavy atom. The highest BCUT2D eigenvalue weighted by molar-refractivity contribution is 5.95. The molecule has 0 aromatic rings. The SMILES string of the molecule is O=C(O)CCC/C=C\C[C@H]1C(=O)C=C[C@@H]1N1CCOCC1. The average molecular weight is 293 g/mol. The lowest BCUT2D eigenvalue weighted by atomic mass is 9.95. The van der Waals surface area contributed by atoms with E-state index in [-0.39, 0.29) is 24.2 Å². The molecule has 5 heteroatoms. The number of ketones is 1. The topological polar surface area (TPSA) is 66.8 Å². The molecule has 1 saturated heterocycles. The molecule has 5 nitrogen and oxygen atoms in total. The smallest absolute Gasteiger partial charge is 0.303 e. The van der Waals surface area contributed by atoms with Crippen LogP contribution in [0.4, 0.5) is 0 Å². The van der Waals surface area contributed by atoms with Crippen LogP contribution in [-0.2, 0) is 14.3 Å². The van der Waals surface area contributed by atoms with Crippen molar-refractivity contribution in [1.29, 1.82) is 0 Å². The number of carbonyl (C=O) groups is 2. The van der Waals surface area contributed by atoms with Gasteiger partial charge in [0.1, 0.15) is 0 Å². The van der Waals surface area contributed by atoms with Crippen molar-refractivity contribution < 1.29 is 19.4 Å². The number of ether oxygens (including phenoxy) is 1. The molecular weight excluding hydrogens is 270 g/mol. The first-order valence-electron chi connectivity index (χ1n) is 7.59. The maximum Gasteiger partial charge on any atom is 0.303 e. The molecule has 1 aliphatic heterocycles. The minimum absolute atomic E-state index is 0.00109. The van der Waals surface area contributed by atoms with Crippen molar-refractivity contribution in [3.63, 3.8) is 0 Å². The molecule has 2 atom stereocenters. The zero-order valence-corrected chi connectivity index (χ0v) is 12.2. The molecule has 0 spiro atoms. The summed E-state index contributed by atoms with van der Waals surface area (Å²) in [7, 11) is 0. The van der Waals surface area contributed by atoms with Crippen molar-refractivity contribution in [1.82, 2.24) is 4.90 Å². The largest absolute Gasteiger partial charge is 0.481 e. The van der Waals surface area contributed by atoms with Crippen molar-refractivity contribution in [3.8, 4) is 0 Å². The van der Waals surface area contributed by atoms with E-state index in [2.05, 4.69) is 4.90 Å². The lowest BCUT2D eigenvalue weighted by molar-refractivity contribution is -0.137. The van der Waals surface area contributed by atoms with E-state index >= 15 is 0 Å². The van der Waals surface area contributed by atoms with Crippen LogP contribution in [0.3, 0.4) is 0 Å². The van der Waals surface area contributed by atoms with E-state index in [9.17, 15) is 9.59 Å². The Kier molecular flexibility index (Phi) is 6.14. The van der Waals surface area contributed by atoms with Crippen molar-refractivity contribution >= 4 is 11.8 Å². The van der Waals surface area contributed by atoms with Crippen LogP contribution in [0, 0.1) is 5.92 Å². The number of rotatable bonds is 7. The number of nitrogens with zero attached hydrogens (tertiary/aromatic N) is 1. The van der Waals surface area contributed by atoms with Gasteiger partial charge in [0.25, 0.3) is 0 Å². The molecule has 0 unspecified atom stereocenters. The molecule has 1 fully saturated rings. The zero-order chi connectivity index (χ0) is 15.1. The summed E-state index contributed by atoms with van der Waals surface area (Å²) in [6, 6.07) is 0.185. The summed E-state index contributed by atoms with van der Waals surface area (Å²) in [5.74, 6) is -0.563. The van der Waals surface area contributed by atoms with Crippen molar-refractivity contribution in [2.75, 3.05) is 26.3 Å². The Morgan fingerprint density at radius 2 is 2.14 bits per heavy atom. The van der Waals surface area contributed by atoms with Crippen molar-refractivity contribution in [2.45, 2.75) is 31.7 Å². The van der Waals surface area contributed by atoms with Crippen LogP contribution in [0.5, 0.6) is 0 Å². The normalized spacial score (nSPS) is 26.8. The maximum atomic E-state index is 12.0. The van der Waals surface area contributed by atoms with Crippen LogP contribution < -0.4 is 0 Å². The molecule has 1 N–H and O–H groups in total. The molecule has 0 bridgehead atoms. The Balaban J connectivity index is 1.78. The van der Waals surface area contributed by atoms with E-state index in [1.165, 1.54) is 0 Å². The molecule has 116 valence electrons. The van der Waals surface area contributed by atoms with Gasteiger partial charge in [0.05, 0.1) is 13.2 Å². The number of allylic oxidation sites excluding steroid dienone is 3. The summed E-state index contributed by atoms with van der Waals surface area (Å²) in [6.45, 7) is 3.22. The lowest BCUT2D eigenvalue weighted by Gasteiger charge is -2.34. The second kappa shape index (κ2) is 8.10. The second-order valence-electron chi connectivity index (χ2n) is 5.50. The van der Waals surface area contributed by atoms with Gasteiger partial charge in [-0.15, -0.1) is 0 Å². The fraction of sp³-hybridized carbons (Fsp3) is 0.625. The van der Waals surface area contributed by atoms with E-state index in [0.29, 0.717) is 6.42 Å². The number of hydrogen-bond acceptors (Lipinski definition) is 4. The summed E-state index contributed by atoms with van der Waals surface area (Å²) < 4.78 is 5.35. The quantitative estimate of drug-likeness (QED) is 0.571. The highest BCUT2D eigenvalue weighted by atomic mass is 16.5. The van der Waals surface area contributed by atoms with Gasteiger partial charge < -0.3 is 9.84 Å². The molecule has 1 aliphatic carbocycles. The van der Waals surface area contributed by atoms with Gasteiger partial charge in [-0.2, -0.15) is 0 Å². The Labute approximate surface area is 125 Å².